The SMILES string of the molecule is O=C(c1ccc2ncsc2c1)N1C2CCC1CC(Oc1cccnc1)C2. The smallest absolute Gasteiger partial charge is 0.254 e. The summed E-state index contributed by atoms with van der Waals surface area (Å²) in [6.45, 7) is 0. The highest BCUT2D eigenvalue weighted by molar-refractivity contribution is 7.16. The number of ether oxygens (including phenoxy) is 1. The molecule has 5 nitrogen and oxygen atoms in total. The molecule has 26 heavy (non-hydrogen) atoms. The third-order valence-electron chi connectivity index (χ3n) is 5.44. The first-order valence-electron chi connectivity index (χ1n) is 9.00. The lowest BCUT2D eigenvalue weighted by Gasteiger charge is -2.39. The molecule has 2 bridgehead atoms. The monoisotopic (exact) mass is 365 g/mol. The second-order valence-electron chi connectivity index (χ2n) is 7.03. The average molecular weight is 365 g/mol. The Balaban J connectivity index is 1.34. The minimum atomic E-state index is 0.146. The third-order valence-corrected chi connectivity index (χ3v) is 6.23. The van der Waals surface area contributed by atoms with Gasteiger partial charge in [-0.15, -0.1) is 11.3 Å². The Bertz CT molecular complexity index is 928. The van der Waals surface area contributed by atoms with Crippen molar-refractivity contribution in [3.8, 4) is 5.75 Å². The van der Waals surface area contributed by atoms with Gasteiger partial charge in [-0.1, -0.05) is 0 Å². The van der Waals surface area contributed by atoms with E-state index < -0.39 is 0 Å². The zero-order chi connectivity index (χ0) is 17.5. The van der Waals surface area contributed by atoms with Gasteiger partial charge >= 0.3 is 0 Å². The lowest BCUT2D eigenvalue weighted by molar-refractivity contribution is 0.0358. The van der Waals surface area contributed by atoms with E-state index in [1.165, 1.54) is 0 Å². The predicted octanol–water partition coefficient (Wildman–Crippen LogP) is 3.91. The minimum Gasteiger partial charge on any atom is -0.489 e. The molecule has 0 radical (unpaired) electrons. The average Bonchev–Trinajstić information content (AvgIpc) is 3.24. The number of pyridine rings is 1. The summed E-state index contributed by atoms with van der Waals surface area (Å²) in [7, 11) is 0. The third kappa shape index (κ3) is 2.74. The van der Waals surface area contributed by atoms with Crippen LogP contribution in [0, 0.1) is 0 Å². The van der Waals surface area contributed by atoms with Crippen LogP contribution in [0.5, 0.6) is 5.75 Å². The molecule has 4 heterocycles. The summed E-state index contributed by atoms with van der Waals surface area (Å²) in [6.07, 6.45) is 7.56. The first-order chi connectivity index (χ1) is 12.8. The maximum Gasteiger partial charge on any atom is 0.254 e. The molecule has 1 amide bonds. The highest BCUT2D eigenvalue weighted by atomic mass is 32.1. The number of aromatic nitrogens is 2. The van der Waals surface area contributed by atoms with Crippen LogP contribution in [0.15, 0.2) is 48.2 Å². The predicted molar refractivity (Wildman–Crippen MR) is 100 cm³/mol. The Morgan fingerprint density at radius 2 is 2.04 bits per heavy atom. The molecule has 6 heteroatoms. The van der Waals surface area contributed by atoms with Crippen molar-refractivity contribution in [1.82, 2.24) is 14.9 Å². The first kappa shape index (κ1) is 15.8. The number of amides is 1. The number of piperidine rings is 1. The number of rotatable bonds is 3. The Morgan fingerprint density at radius 1 is 1.19 bits per heavy atom. The topological polar surface area (TPSA) is 55.3 Å². The number of nitrogens with zero attached hydrogens (tertiary/aromatic N) is 3. The van der Waals surface area contributed by atoms with E-state index in [0.29, 0.717) is 0 Å². The van der Waals surface area contributed by atoms with Crippen molar-refractivity contribution in [2.75, 3.05) is 0 Å². The van der Waals surface area contributed by atoms with Crippen LogP contribution in [0.1, 0.15) is 36.0 Å². The van der Waals surface area contributed by atoms with Crippen molar-refractivity contribution < 1.29 is 9.53 Å². The minimum absolute atomic E-state index is 0.146. The number of thiazole rings is 1. The number of hydrogen-bond donors (Lipinski definition) is 0. The van der Waals surface area contributed by atoms with Gasteiger partial charge in [0.15, 0.2) is 0 Å². The van der Waals surface area contributed by atoms with Gasteiger partial charge in [0, 0.05) is 36.7 Å². The van der Waals surface area contributed by atoms with Crippen LogP contribution in [0.2, 0.25) is 0 Å². The van der Waals surface area contributed by atoms with Crippen molar-refractivity contribution >= 4 is 27.5 Å². The van der Waals surface area contributed by atoms with Crippen LogP contribution in [-0.4, -0.2) is 39.0 Å². The molecule has 2 unspecified atom stereocenters. The lowest BCUT2D eigenvalue weighted by atomic mass is 9.98. The number of carbonyl (C=O) groups excluding carboxylic acids is 1. The van der Waals surface area contributed by atoms with Gasteiger partial charge in [-0.05, 0) is 43.2 Å². The van der Waals surface area contributed by atoms with E-state index in [4.69, 9.17) is 4.74 Å². The number of fused-ring (bicyclic) bond motifs is 3. The zero-order valence-electron chi connectivity index (χ0n) is 14.2. The maximum atomic E-state index is 13.2. The van der Waals surface area contributed by atoms with Gasteiger partial charge < -0.3 is 9.64 Å². The van der Waals surface area contributed by atoms with E-state index >= 15 is 0 Å². The van der Waals surface area contributed by atoms with Crippen molar-refractivity contribution in [2.45, 2.75) is 43.9 Å². The molecule has 0 saturated carbocycles. The highest BCUT2D eigenvalue weighted by Crippen LogP contribution is 2.38. The number of carbonyl (C=O) groups is 1. The molecule has 2 saturated heterocycles. The normalized spacial score (nSPS) is 24.8. The Hall–Kier alpha value is -2.47. The fourth-order valence-electron chi connectivity index (χ4n) is 4.30. The summed E-state index contributed by atoms with van der Waals surface area (Å²) >= 11 is 1.58. The zero-order valence-corrected chi connectivity index (χ0v) is 15.1. The van der Waals surface area contributed by atoms with Gasteiger partial charge in [-0.25, -0.2) is 4.98 Å². The fourth-order valence-corrected chi connectivity index (χ4v) is 5.02. The van der Waals surface area contributed by atoms with Gasteiger partial charge in [0.25, 0.3) is 5.91 Å². The molecule has 2 fully saturated rings. The quantitative estimate of drug-likeness (QED) is 0.706. The van der Waals surface area contributed by atoms with E-state index in [2.05, 4.69) is 14.9 Å². The molecule has 2 aromatic heterocycles. The Morgan fingerprint density at radius 3 is 2.81 bits per heavy atom. The fraction of sp³-hybridized carbons (Fsp3) is 0.350. The second-order valence-corrected chi connectivity index (χ2v) is 7.92. The van der Waals surface area contributed by atoms with E-state index in [1.54, 1.807) is 23.7 Å². The van der Waals surface area contributed by atoms with Gasteiger partial charge in [0.2, 0.25) is 0 Å². The van der Waals surface area contributed by atoms with Gasteiger partial charge in [0.1, 0.15) is 11.9 Å². The molecule has 3 aromatic rings. The molecular formula is C20H19N3O2S. The molecule has 132 valence electrons. The van der Waals surface area contributed by atoms with Crippen molar-refractivity contribution in [3.63, 3.8) is 0 Å². The second kappa shape index (κ2) is 6.36. The lowest BCUT2D eigenvalue weighted by Crippen LogP contribution is -2.49. The van der Waals surface area contributed by atoms with Crippen LogP contribution in [0.25, 0.3) is 10.2 Å². The number of hydrogen-bond acceptors (Lipinski definition) is 5. The molecule has 2 atom stereocenters. The Kier molecular flexibility index (Phi) is 3.85. The van der Waals surface area contributed by atoms with Crippen molar-refractivity contribution in [3.05, 3.63) is 53.8 Å². The standard InChI is InChI=1S/C20H19N3O2S/c24-20(13-3-6-18-19(8-13)26-12-22-18)23-14-4-5-15(23)10-17(9-14)25-16-2-1-7-21-11-16/h1-3,6-8,11-12,14-15,17H,4-5,9-10H2. The molecular weight excluding hydrogens is 346 g/mol. The van der Waals surface area contributed by atoms with Gasteiger partial charge in [-0.3, -0.25) is 9.78 Å². The first-order valence-corrected chi connectivity index (χ1v) is 9.88. The Labute approximate surface area is 155 Å². The molecule has 2 aliphatic rings. The molecule has 0 aliphatic carbocycles. The van der Waals surface area contributed by atoms with Crippen LogP contribution >= 0.6 is 11.3 Å². The highest BCUT2D eigenvalue weighted by Gasteiger charge is 2.44. The molecule has 1 aromatic carbocycles. The number of benzene rings is 1. The summed E-state index contributed by atoms with van der Waals surface area (Å²) in [6, 6.07) is 10.2. The summed E-state index contributed by atoms with van der Waals surface area (Å²) in [5.74, 6) is 0.958. The van der Waals surface area contributed by atoms with Gasteiger partial charge in [0.05, 0.1) is 21.9 Å². The molecule has 0 spiro atoms. The molecule has 5 rings (SSSR count). The summed E-state index contributed by atoms with van der Waals surface area (Å²) in [5, 5.41) is 0. The summed E-state index contributed by atoms with van der Waals surface area (Å²) in [5.41, 5.74) is 3.55. The summed E-state index contributed by atoms with van der Waals surface area (Å²) in [4.78, 5) is 23.7. The largest absolute Gasteiger partial charge is 0.489 e. The van der Waals surface area contributed by atoms with E-state index in [-0.39, 0.29) is 24.1 Å². The van der Waals surface area contributed by atoms with E-state index in [1.807, 2.05) is 35.8 Å². The van der Waals surface area contributed by atoms with Crippen LogP contribution in [0.3, 0.4) is 0 Å². The summed E-state index contributed by atoms with van der Waals surface area (Å²) < 4.78 is 7.18. The van der Waals surface area contributed by atoms with Crippen LogP contribution < -0.4 is 4.74 Å². The van der Waals surface area contributed by atoms with Crippen LogP contribution in [0.4, 0.5) is 0 Å². The molecule has 0 N–H and O–H groups in total. The van der Waals surface area contributed by atoms with E-state index in [0.717, 1.165) is 47.2 Å². The maximum absolute atomic E-state index is 13.2. The van der Waals surface area contributed by atoms with Crippen molar-refractivity contribution in [2.24, 2.45) is 0 Å². The van der Waals surface area contributed by atoms with E-state index in [9.17, 15) is 4.79 Å². The molecule has 2 aliphatic heterocycles. The van der Waals surface area contributed by atoms with Gasteiger partial charge in [-0.2, -0.15) is 0 Å². The van der Waals surface area contributed by atoms with Crippen molar-refractivity contribution in [1.29, 1.82) is 0 Å². The van der Waals surface area contributed by atoms with Crippen LogP contribution in [-0.2, 0) is 0 Å².